The van der Waals surface area contributed by atoms with Gasteiger partial charge in [-0.1, -0.05) is 13.8 Å². The number of benzene rings is 1. The molecule has 0 atom stereocenters. The van der Waals surface area contributed by atoms with Crippen LogP contribution >= 0.6 is 0 Å². The Labute approximate surface area is 121 Å². The number of nitrogens with zero attached hydrogens (tertiary/aromatic N) is 1. The van der Waals surface area contributed by atoms with Gasteiger partial charge >= 0.3 is 0 Å². The van der Waals surface area contributed by atoms with Gasteiger partial charge in [-0.15, -0.1) is 0 Å². The van der Waals surface area contributed by atoms with Gasteiger partial charge < -0.3 is 11.1 Å². The van der Waals surface area contributed by atoms with Crippen molar-refractivity contribution < 1.29 is 18.8 Å². The van der Waals surface area contributed by atoms with Crippen molar-refractivity contribution in [1.29, 1.82) is 0 Å². The number of carbonyl (C=O) groups excluding carboxylic acids is 3. The molecule has 1 aromatic rings. The van der Waals surface area contributed by atoms with Gasteiger partial charge in [0.25, 0.3) is 0 Å². The molecule has 0 radical (unpaired) electrons. The molecule has 3 N–H and O–H groups in total. The lowest BCUT2D eigenvalue weighted by atomic mass is 9.92. The number of amides is 3. The fraction of sp³-hybridized carbons (Fsp3) is 0.357. The lowest BCUT2D eigenvalue weighted by Gasteiger charge is -2.17. The molecule has 1 aliphatic heterocycles. The fourth-order valence-electron chi connectivity index (χ4n) is 2.16. The lowest BCUT2D eigenvalue weighted by Crippen LogP contribution is -2.39. The Morgan fingerprint density at radius 1 is 1.43 bits per heavy atom. The van der Waals surface area contributed by atoms with Gasteiger partial charge in [0, 0.05) is 6.42 Å². The molecule has 112 valence electrons. The van der Waals surface area contributed by atoms with E-state index in [9.17, 15) is 18.8 Å². The minimum Gasteiger partial charge on any atom is -0.397 e. The first-order valence-corrected chi connectivity index (χ1v) is 6.40. The molecule has 1 heterocycles. The molecular formula is C14H16FN3O3. The second kappa shape index (κ2) is 5.16. The van der Waals surface area contributed by atoms with Crippen LogP contribution in [0.5, 0.6) is 0 Å². The Morgan fingerprint density at radius 2 is 2.10 bits per heavy atom. The molecule has 0 unspecified atom stereocenters. The summed E-state index contributed by atoms with van der Waals surface area (Å²) in [4.78, 5) is 36.5. The topological polar surface area (TPSA) is 92.5 Å². The minimum atomic E-state index is -0.796. The standard InChI is InChI=1S/C14H16FN3O3/c1-14(2)6-12(20)18(13(14)21)7-11(19)17-10-5-8(15)3-4-9(10)16/h3-5H,6-7,16H2,1-2H3,(H,17,19). The number of nitrogens with two attached hydrogens (primary N) is 1. The molecule has 0 bridgehead atoms. The number of hydrogen-bond donors (Lipinski definition) is 2. The summed E-state index contributed by atoms with van der Waals surface area (Å²) in [5, 5.41) is 2.40. The number of likely N-dealkylation sites (tertiary alicyclic amines) is 1. The van der Waals surface area contributed by atoms with Crippen LogP contribution < -0.4 is 11.1 Å². The van der Waals surface area contributed by atoms with E-state index in [1.165, 1.54) is 12.1 Å². The van der Waals surface area contributed by atoms with Gasteiger partial charge in [0.2, 0.25) is 17.7 Å². The van der Waals surface area contributed by atoms with Crippen LogP contribution in [0.25, 0.3) is 0 Å². The quantitative estimate of drug-likeness (QED) is 0.645. The third kappa shape index (κ3) is 3.01. The maximum absolute atomic E-state index is 13.1. The summed E-state index contributed by atoms with van der Waals surface area (Å²) < 4.78 is 13.1. The molecule has 0 aromatic heterocycles. The lowest BCUT2D eigenvalue weighted by molar-refractivity contribution is -0.143. The van der Waals surface area contributed by atoms with Crippen molar-refractivity contribution in [2.24, 2.45) is 5.41 Å². The molecule has 0 aliphatic carbocycles. The Kier molecular flexibility index (Phi) is 3.67. The first-order chi connectivity index (χ1) is 9.70. The van der Waals surface area contributed by atoms with Gasteiger partial charge in [0.05, 0.1) is 16.8 Å². The number of anilines is 2. The molecule has 0 spiro atoms. The molecule has 7 heteroatoms. The summed E-state index contributed by atoms with van der Waals surface area (Å²) >= 11 is 0. The van der Waals surface area contributed by atoms with Crippen LogP contribution in [0.1, 0.15) is 20.3 Å². The zero-order valence-electron chi connectivity index (χ0n) is 11.8. The molecule has 1 fully saturated rings. The summed E-state index contributed by atoms with van der Waals surface area (Å²) in [6.07, 6.45) is 0.0707. The molecule has 0 saturated carbocycles. The number of hydrogen-bond acceptors (Lipinski definition) is 4. The molecule has 2 rings (SSSR count). The van der Waals surface area contributed by atoms with E-state index in [4.69, 9.17) is 5.73 Å². The highest BCUT2D eigenvalue weighted by Gasteiger charge is 2.45. The van der Waals surface area contributed by atoms with Gasteiger partial charge in [-0.2, -0.15) is 0 Å². The molecule has 1 aromatic carbocycles. The number of nitrogen functional groups attached to an aromatic ring is 1. The van der Waals surface area contributed by atoms with Gasteiger partial charge in [-0.3, -0.25) is 19.3 Å². The third-order valence-corrected chi connectivity index (χ3v) is 3.31. The number of carbonyl (C=O) groups is 3. The van der Waals surface area contributed by atoms with Crippen LogP contribution in [0, 0.1) is 11.2 Å². The predicted octanol–water partition coefficient (Wildman–Crippen LogP) is 1.13. The summed E-state index contributed by atoms with van der Waals surface area (Å²) in [6, 6.07) is 3.56. The predicted molar refractivity (Wildman–Crippen MR) is 74.6 cm³/mol. The van der Waals surface area contributed by atoms with Crippen molar-refractivity contribution in [2.75, 3.05) is 17.6 Å². The Bertz CT molecular complexity index is 628. The van der Waals surface area contributed by atoms with Gasteiger partial charge in [-0.25, -0.2) is 4.39 Å². The molecule has 6 nitrogen and oxygen atoms in total. The van der Waals surface area contributed by atoms with E-state index < -0.39 is 35.5 Å². The molecule has 3 amide bonds. The van der Waals surface area contributed by atoms with E-state index in [0.717, 1.165) is 11.0 Å². The smallest absolute Gasteiger partial charge is 0.244 e. The van der Waals surface area contributed by atoms with Crippen molar-refractivity contribution in [3.63, 3.8) is 0 Å². The number of rotatable bonds is 3. The maximum Gasteiger partial charge on any atom is 0.244 e. The van der Waals surface area contributed by atoms with E-state index in [2.05, 4.69) is 5.32 Å². The molecular weight excluding hydrogens is 277 g/mol. The minimum absolute atomic E-state index is 0.0707. The van der Waals surface area contributed by atoms with Crippen molar-refractivity contribution in [1.82, 2.24) is 4.90 Å². The number of imide groups is 1. The molecule has 1 saturated heterocycles. The number of nitrogens with one attached hydrogen (secondary N) is 1. The summed E-state index contributed by atoms with van der Waals surface area (Å²) in [5.74, 6) is -1.94. The highest BCUT2D eigenvalue weighted by Crippen LogP contribution is 2.31. The van der Waals surface area contributed by atoms with Crippen molar-refractivity contribution in [3.05, 3.63) is 24.0 Å². The second-order valence-electron chi connectivity index (χ2n) is 5.63. The Hall–Kier alpha value is -2.44. The maximum atomic E-state index is 13.1. The Balaban J connectivity index is 2.07. The molecule has 1 aliphatic rings. The fourth-order valence-corrected chi connectivity index (χ4v) is 2.16. The van der Waals surface area contributed by atoms with Crippen molar-refractivity contribution >= 4 is 29.1 Å². The van der Waals surface area contributed by atoms with E-state index in [1.54, 1.807) is 13.8 Å². The zero-order valence-corrected chi connectivity index (χ0v) is 11.8. The highest BCUT2D eigenvalue weighted by atomic mass is 19.1. The number of halogens is 1. The van der Waals surface area contributed by atoms with Crippen LogP contribution in [0.15, 0.2) is 18.2 Å². The first kappa shape index (κ1) is 15.0. The van der Waals surface area contributed by atoms with Crippen molar-refractivity contribution in [2.45, 2.75) is 20.3 Å². The second-order valence-corrected chi connectivity index (χ2v) is 5.63. The first-order valence-electron chi connectivity index (χ1n) is 6.40. The largest absolute Gasteiger partial charge is 0.397 e. The summed E-state index contributed by atoms with van der Waals surface area (Å²) in [7, 11) is 0. The van der Waals surface area contributed by atoms with Gasteiger partial charge in [0.15, 0.2) is 0 Å². The highest BCUT2D eigenvalue weighted by molar-refractivity contribution is 6.09. The van der Waals surface area contributed by atoms with E-state index >= 15 is 0 Å². The average molecular weight is 293 g/mol. The van der Waals surface area contributed by atoms with Gasteiger partial charge in [-0.05, 0) is 18.2 Å². The third-order valence-electron chi connectivity index (χ3n) is 3.31. The average Bonchev–Trinajstić information content (AvgIpc) is 2.56. The summed E-state index contributed by atoms with van der Waals surface area (Å²) in [5.41, 5.74) is 5.13. The zero-order chi connectivity index (χ0) is 15.8. The summed E-state index contributed by atoms with van der Waals surface area (Å²) in [6.45, 7) is 2.89. The van der Waals surface area contributed by atoms with Crippen molar-refractivity contribution in [3.8, 4) is 0 Å². The monoisotopic (exact) mass is 293 g/mol. The van der Waals surface area contributed by atoms with Crippen LogP contribution in [-0.4, -0.2) is 29.2 Å². The Morgan fingerprint density at radius 3 is 2.67 bits per heavy atom. The van der Waals surface area contributed by atoms with Gasteiger partial charge in [0.1, 0.15) is 12.4 Å². The van der Waals surface area contributed by atoms with Crippen LogP contribution in [0.3, 0.4) is 0 Å². The van der Waals surface area contributed by atoms with E-state index in [0.29, 0.717) is 0 Å². The SMILES string of the molecule is CC1(C)CC(=O)N(CC(=O)Nc2cc(F)ccc2N)C1=O. The van der Waals surface area contributed by atoms with Crippen LogP contribution in [-0.2, 0) is 14.4 Å². The normalized spacial score (nSPS) is 17.2. The van der Waals surface area contributed by atoms with Crippen LogP contribution in [0.4, 0.5) is 15.8 Å². The van der Waals surface area contributed by atoms with E-state index in [1.807, 2.05) is 0 Å². The molecule has 21 heavy (non-hydrogen) atoms. The van der Waals surface area contributed by atoms with Crippen LogP contribution in [0.2, 0.25) is 0 Å². The van der Waals surface area contributed by atoms with E-state index in [-0.39, 0.29) is 17.8 Å².